The molecule has 5 atom stereocenters. The van der Waals surface area contributed by atoms with Crippen molar-refractivity contribution in [3.05, 3.63) is 65.7 Å². The monoisotopic (exact) mass is 418 g/mol. The van der Waals surface area contributed by atoms with Crippen molar-refractivity contribution in [1.82, 2.24) is 0 Å². The van der Waals surface area contributed by atoms with Gasteiger partial charge < -0.3 is 29.9 Å². The van der Waals surface area contributed by atoms with Gasteiger partial charge in [-0.25, -0.2) is 0 Å². The van der Waals surface area contributed by atoms with Crippen LogP contribution in [0.2, 0.25) is 0 Å². The molecule has 1 aliphatic heterocycles. The molecule has 1 fully saturated rings. The molecular formula is C22H26O8. The van der Waals surface area contributed by atoms with Crippen molar-refractivity contribution in [2.75, 3.05) is 0 Å². The topological polar surface area (TPSA) is 126 Å². The van der Waals surface area contributed by atoms with Gasteiger partial charge in [0.15, 0.2) is 6.10 Å². The number of para-hydroxylation sites is 1. The third kappa shape index (κ3) is 4.33. The zero-order valence-corrected chi connectivity index (χ0v) is 16.5. The van der Waals surface area contributed by atoms with Crippen LogP contribution in [0.4, 0.5) is 0 Å². The molecule has 0 saturated carbocycles. The van der Waals surface area contributed by atoms with E-state index in [1.165, 1.54) is 0 Å². The van der Waals surface area contributed by atoms with Gasteiger partial charge in [0.05, 0.1) is 6.61 Å². The van der Waals surface area contributed by atoms with Gasteiger partial charge in [-0.2, -0.15) is 0 Å². The maximum absolute atomic E-state index is 12.4. The third-order valence-electron chi connectivity index (χ3n) is 4.91. The maximum atomic E-state index is 12.4. The SMILES string of the molecule is CCCC(=O)O[C@@]1(c2ccccc2)O[C@@H](Oc2ccccc2CO)[C@H](O)[C@@H](O)[C@@H]1O. The highest BCUT2D eigenvalue weighted by molar-refractivity contribution is 5.70. The van der Waals surface area contributed by atoms with Crippen LogP contribution in [-0.2, 0) is 26.7 Å². The average molecular weight is 418 g/mol. The van der Waals surface area contributed by atoms with E-state index in [1.807, 2.05) is 0 Å². The van der Waals surface area contributed by atoms with Crippen molar-refractivity contribution < 1.29 is 39.4 Å². The van der Waals surface area contributed by atoms with Crippen molar-refractivity contribution in [2.24, 2.45) is 0 Å². The van der Waals surface area contributed by atoms with Gasteiger partial charge in [0, 0.05) is 17.5 Å². The van der Waals surface area contributed by atoms with Gasteiger partial charge >= 0.3 is 5.97 Å². The zero-order valence-electron chi connectivity index (χ0n) is 16.5. The summed E-state index contributed by atoms with van der Waals surface area (Å²) < 4.78 is 17.1. The molecular weight excluding hydrogens is 392 g/mol. The van der Waals surface area contributed by atoms with Crippen molar-refractivity contribution >= 4 is 5.97 Å². The Morgan fingerprint density at radius 1 is 1.03 bits per heavy atom. The molecule has 1 heterocycles. The molecule has 0 aliphatic carbocycles. The number of carbonyl (C=O) groups is 1. The van der Waals surface area contributed by atoms with E-state index in [9.17, 15) is 25.2 Å². The fourth-order valence-electron chi connectivity index (χ4n) is 3.33. The number of aliphatic hydroxyl groups is 4. The van der Waals surface area contributed by atoms with E-state index in [4.69, 9.17) is 14.2 Å². The first-order valence-corrected chi connectivity index (χ1v) is 9.77. The largest absolute Gasteiger partial charge is 0.461 e. The summed E-state index contributed by atoms with van der Waals surface area (Å²) in [6, 6.07) is 14.8. The van der Waals surface area contributed by atoms with Crippen LogP contribution in [-0.4, -0.2) is 51.0 Å². The number of carbonyl (C=O) groups excluding carboxylic acids is 1. The van der Waals surface area contributed by atoms with Crippen LogP contribution >= 0.6 is 0 Å². The summed E-state index contributed by atoms with van der Waals surface area (Å²) in [7, 11) is 0. The molecule has 30 heavy (non-hydrogen) atoms. The van der Waals surface area contributed by atoms with Gasteiger partial charge in [0.25, 0.3) is 5.79 Å². The number of rotatable bonds is 7. The van der Waals surface area contributed by atoms with Crippen molar-refractivity contribution in [3.63, 3.8) is 0 Å². The predicted octanol–water partition coefficient (Wildman–Crippen LogP) is 1.19. The highest BCUT2D eigenvalue weighted by Gasteiger charge is 2.58. The molecule has 4 N–H and O–H groups in total. The molecule has 1 saturated heterocycles. The highest BCUT2D eigenvalue weighted by atomic mass is 16.8. The smallest absolute Gasteiger partial charge is 0.308 e. The molecule has 162 valence electrons. The van der Waals surface area contributed by atoms with Crippen LogP contribution in [0, 0.1) is 0 Å². The Labute approximate surface area is 174 Å². The molecule has 0 radical (unpaired) electrons. The Morgan fingerprint density at radius 2 is 1.70 bits per heavy atom. The summed E-state index contributed by atoms with van der Waals surface area (Å²) in [5.74, 6) is -2.52. The lowest BCUT2D eigenvalue weighted by Gasteiger charge is -2.47. The van der Waals surface area contributed by atoms with Crippen molar-refractivity contribution in [1.29, 1.82) is 0 Å². The highest BCUT2D eigenvalue weighted by Crippen LogP contribution is 2.41. The zero-order chi connectivity index (χ0) is 21.7. The first-order chi connectivity index (χ1) is 14.4. The van der Waals surface area contributed by atoms with E-state index < -0.39 is 36.4 Å². The van der Waals surface area contributed by atoms with Crippen LogP contribution in [0.1, 0.15) is 30.9 Å². The second kappa shape index (κ2) is 9.55. The molecule has 0 unspecified atom stereocenters. The summed E-state index contributed by atoms with van der Waals surface area (Å²) >= 11 is 0. The standard InChI is InChI=1S/C22H26O8/c1-2-8-17(24)29-22(15-10-4-3-5-11-15)20(27)18(25)19(26)21(30-22)28-16-12-7-6-9-14(16)13-23/h3-7,9-12,18-21,23,25-27H,2,8,13H2,1H3/t18-,19-,20+,21-,22+/m1/s1. The fourth-order valence-corrected chi connectivity index (χ4v) is 3.33. The second-order valence-corrected chi connectivity index (χ2v) is 7.05. The molecule has 3 rings (SSSR count). The Morgan fingerprint density at radius 3 is 2.37 bits per heavy atom. The van der Waals surface area contributed by atoms with Gasteiger partial charge in [0.1, 0.15) is 18.0 Å². The number of ether oxygens (including phenoxy) is 3. The van der Waals surface area contributed by atoms with Crippen LogP contribution in [0.5, 0.6) is 5.75 Å². The Balaban J connectivity index is 2.01. The lowest BCUT2D eigenvalue weighted by molar-refractivity contribution is -0.386. The number of hydrogen-bond acceptors (Lipinski definition) is 8. The number of hydrogen-bond donors (Lipinski definition) is 4. The second-order valence-electron chi connectivity index (χ2n) is 7.05. The minimum absolute atomic E-state index is 0.0716. The van der Waals surface area contributed by atoms with Crippen LogP contribution in [0.3, 0.4) is 0 Å². The molecule has 0 amide bonds. The number of benzene rings is 2. The van der Waals surface area contributed by atoms with Gasteiger partial charge in [0.2, 0.25) is 6.29 Å². The maximum Gasteiger partial charge on any atom is 0.308 e. The first kappa shape index (κ1) is 22.2. The van der Waals surface area contributed by atoms with Crippen LogP contribution in [0.25, 0.3) is 0 Å². The Bertz CT molecular complexity index is 842. The molecule has 0 spiro atoms. The molecule has 1 aliphatic rings. The van der Waals surface area contributed by atoms with E-state index in [1.54, 1.807) is 61.5 Å². The van der Waals surface area contributed by atoms with E-state index >= 15 is 0 Å². The quantitative estimate of drug-likeness (QED) is 0.494. The van der Waals surface area contributed by atoms with E-state index in [-0.39, 0.29) is 24.3 Å². The van der Waals surface area contributed by atoms with Gasteiger partial charge in [-0.15, -0.1) is 0 Å². The van der Waals surface area contributed by atoms with Crippen LogP contribution < -0.4 is 4.74 Å². The van der Waals surface area contributed by atoms with E-state index in [0.29, 0.717) is 12.0 Å². The summed E-state index contributed by atoms with van der Waals surface area (Å²) in [6.45, 7) is 1.48. The minimum atomic E-state index is -2.09. The third-order valence-corrected chi connectivity index (χ3v) is 4.91. The average Bonchev–Trinajstić information content (AvgIpc) is 2.76. The van der Waals surface area contributed by atoms with Gasteiger partial charge in [-0.1, -0.05) is 55.5 Å². The number of esters is 1. The summed E-state index contributed by atoms with van der Waals surface area (Å²) in [6.07, 6.45) is -6.07. The van der Waals surface area contributed by atoms with Gasteiger partial charge in [-0.05, 0) is 12.5 Å². The van der Waals surface area contributed by atoms with E-state index in [0.717, 1.165) is 0 Å². The van der Waals surface area contributed by atoms with E-state index in [2.05, 4.69) is 0 Å². The Kier molecular flexibility index (Phi) is 7.06. The molecule has 8 nitrogen and oxygen atoms in total. The summed E-state index contributed by atoms with van der Waals surface area (Å²) in [5.41, 5.74) is 0.708. The van der Waals surface area contributed by atoms with Crippen molar-refractivity contribution in [3.8, 4) is 5.75 Å². The molecule has 2 aromatic rings. The lowest BCUT2D eigenvalue weighted by atomic mass is 9.90. The minimum Gasteiger partial charge on any atom is -0.461 e. The normalized spacial score (nSPS) is 28.7. The summed E-state index contributed by atoms with van der Waals surface area (Å²) in [4.78, 5) is 12.4. The Hall–Kier alpha value is -2.49. The molecule has 2 aromatic carbocycles. The predicted molar refractivity (Wildman–Crippen MR) is 105 cm³/mol. The number of aliphatic hydroxyl groups excluding tert-OH is 4. The molecule has 0 aromatic heterocycles. The van der Waals surface area contributed by atoms with Crippen molar-refractivity contribution in [2.45, 2.75) is 56.8 Å². The fraction of sp³-hybridized carbons (Fsp3) is 0.409. The molecule has 0 bridgehead atoms. The van der Waals surface area contributed by atoms with Crippen LogP contribution in [0.15, 0.2) is 54.6 Å². The lowest BCUT2D eigenvalue weighted by Crippen LogP contribution is -2.65. The van der Waals surface area contributed by atoms with Gasteiger partial charge in [-0.3, -0.25) is 9.53 Å². The molecule has 8 heteroatoms. The first-order valence-electron chi connectivity index (χ1n) is 9.77. The summed E-state index contributed by atoms with van der Waals surface area (Å²) in [5, 5.41) is 41.4.